The minimum atomic E-state index is -0.417. The normalized spacial score (nSPS) is 19.4. The molecule has 0 aromatic heterocycles. The summed E-state index contributed by atoms with van der Waals surface area (Å²) in [5.41, 5.74) is 0. The Morgan fingerprint density at radius 3 is 2.88 bits per heavy atom. The first-order valence-electron chi connectivity index (χ1n) is 9.41. The molecule has 0 aromatic rings. The van der Waals surface area contributed by atoms with Gasteiger partial charge in [0.05, 0.1) is 18.7 Å². The number of carbonyl (C=O) groups is 1. The fourth-order valence-corrected chi connectivity index (χ4v) is 2.86. The van der Waals surface area contributed by atoms with Gasteiger partial charge in [-0.25, -0.2) is 0 Å². The number of amides is 1. The number of hydrogen-bond acceptors (Lipinski definition) is 3. The highest BCUT2D eigenvalue weighted by Crippen LogP contribution is 2.19. The van der Waals surface area contributed by atoms with Crippen molar-refractivity contribution in [3.05, 3.63) is 12.2 Å². The number of aliphatic hydroxyl groups is 2. The van der Waals surface area contributed by atoms with Gasteiger partial charge < -0.3 is 15.1 Å². The van der Waals surface area contributed by atoms with Crippen molar-refractivity contribution in [3.63, 3.8) is 0 Å². The first kappa shape index (κ1) is 20.7. The van der Waals surface area contributed by atoms with Crippen LogP contribution in [-0.4, -0.2) is 46.3 Å². The molecule has 1 unspecified atom stereocenters. The molecule has 0 aliphatic carbocycles. The third-order valence-corrected chi connectivity index (χ3v) is 4.35. The van der Waals surface area contributed by atoms with Gasteiger partial charge in [-0.1, -0.05) is 44.3 Å². The minimum absolute atomic E-state index is 0.0545. The van der Waals surface area contributed by atoms with Crippen LogP contribution in [0.3, 0.4) is 0 Å². The summed E-state index contributed by atoms with van der Waals surface area (Å²) in [6, 6.07) is 0.0545. The standard InChI is InChI=1S/C20H33NO3/c1-2-3-7-12-19(23)15-14-18-11-10-13-20(24)21(18)16-8-5-4-6-9-17-22/h14-15,18-19,22-23H,2-4,6-7,9-13,16-17H2,1H3/b15-14+/t18-,19?/m1/s1. The molecule has 1 aliphatic heterocycles. The molecule has 1 saturated heterocycles. The van der Waals surface area contributed by atoms with Crippen molar-refractivity contribution < 1.29 is 15.0 Å². The molecule has 1 amide bonds. The largest absolute Gasteiger partial charge is 0.396 e. The molecule has 4 nitrogen and oxygen atoms in total. The van der Waals surface area contributed by atoms with Gasteiger partial charge in [0.1, 0.15) is 0 Å². The molecule has 24 heavy (non-hydrogen) atoms. The van der Waals surface area contributed by atoms with Gasteiger partial charge in [0, 0.05) is 19.4 Å². The number of likely N-dealkylation sites (tertiary alicyclic amines) is 1. The molecule has 0 saturated carbocycles. The highest BCUT2D eigenvalue weighted by molar-refractivity contribution is 5.77. The molecule has 0 bridgehead atoms. The van der Waals surface area contributed by atoms with E-state index in [2.05, 4.69) is 18.8 Å². The van der Waals surface area contributed by atoms with Crippen molar-refractivity contribution in [3.8, 4) is 11.8 Å². The Labute approximate surface area is 146 Å². The summed E-state index contributed by atoms with van der Waals surface area (Å²) >= 11 is 0. The second-order valence-corrected chi connectivity index (χ2v) is 6.46. The lowest BCUT2D eigenvalue weighted by molar-refractivity contribution is -0.134. The number of rotatable bonds is 10. The van der Waals surface area contributed by atoms with Gasteiger partial charge in [0.15, 0.2) is 0 Å². The van der Waals surface area contributed by atoms with Crippen molar-refractivity contribution in [1.29, 1.82) is 0 Å². The number of hydrogen-bond donors (Lipinski definition) is 2. The van der Waals surface area contributed by atoms with Crippen LogP contribution >= 0.6 is 0 Å². The van der Waals surface area contributed by atoms with Crippen LogP contribution in [0, 0.1) is 11.8 Å². The molecule has 4 heteroatoms. The van der Waals surface area contributed by atoms with Crippen molar-refractivity contribution in [2.24, 2.45) is 0 Å². The van der Waals surface area contributed by atoms with E-state index in [0.717, 1.165) is 57.8 Å². The maximum absolute atomic E-state index is 12.2. The first-order chi connectivity index (χ1) is 11.7. The predicted octanol–water partition coefficient (Wildman–Crippen LogP) is 3.03. The van der Waals surface area contributed by atoms with E-state index in [1.54, 1.807) is 0 Å². The molecule has 1 fully saturated rings. The zero-order chi connectivity index (χ0) is 17.6. The monoisotopic (exact) mass is 335 g/mol. The van der Waals surface area contributed by atoms with Crippen LogP contribution in [0.25, 0.3) is 0 Å². The summed E-state index contributed by atoms with van der Waals surface area (Å²) in [5, 5.41) is 18.8. The average molecular weight is 335 g/mol. The van der Waals surface area contributed by atoms with Crippen LogP contribution in [0.4, 0.5) is 0 Å². The van der Waals surface area contributed by atoms with Crippen molar-refractivity contribution >= 4 is 5.91 Å². The number of aliphatic hydroxyl groups excluding tert-OH is 2. The summed E-state index contributed by atoms with van der Waals surface area (Å²) < 4.78 is 0. The van der Waals surface area contributed by atoms with E-state index in [1.165, 1.54) is 0 Å². The summed E-state index contributed by atoms with van der Waals surface area (Å²) in [6.07, 6.45) is 12.4. The van der Waals surface area contributed by atoms with Crippen LogP contribution < -0.4 is 0 Å². The third-order valence-electron chi connectivity index (χ3n) is 4.35. The molecule has 0 spiro atoms. The number of nitrogens with zero attached hydrogens (tertiary/aromatic N) is 1. The maximum Gasteiger partial charge on any atom is 0.223 e. The smallest absolute Gasteiger partial charge is 0.223 e. The van der Waals surface area contributed by atoms with Crippen LogP contribution in [0.15, 0.2) is 12.2 Å². The molecule has 0 radical (unpaired) electrons. The Bertz CT molecular complexity index is 436. The summed E-state index contributed by atoms with van der Waals surface area (Å²) in [5.74, 6) is 6.31. The Morgan fingerprint density at radius 2 is 2.12 bits per heavy atom. The van der Waals surface area contributed by atoms with Gasteiger partial charge in [-0.15, -0.1) is 5.92 Å². The Hall–Kier alpha value is -1.31. The molecule has 2 N–H and O–H groups in total. The van der Waals surface area contributed by atoms with Gasteiger partial charge in [-0.05, 0) is 32.1 Å². The fourth-order valence-electron chi connectivity index (χ4n) is 2.86. The highest BCUT2D eigenvalue weighted by atomic mass is 16.3. The fraction of sp³-hybridized carbons (Fsp3) is 0.750. The van der Waals surface area contributed by atoms with E-state index in [-0.39, 0.29) is 18.6 Å². The molecule has 1 heterocycles. The van der Waals surface area contributed by atoms with E-state index in [4.69, 9.17) is 5.11 Å². The summed E-state index contributed by atoms with van der Waals surface area (Å²) in [7, 11) is 0. The first-order valence-corrected chi connectivity index (χ1v) is 9.41. The maximum atomic E-state index is 12.2. The lowest BCUT2D eigenvalue weighted by Gasteiger charge is -2.32. The predicted molar refractivity (Wildman–Crippen MR) is 97.4 cm³/mol. The Kier molecular flexibility index (Phi) is 11.3. The van der Waals surface area contributed by atoms with Crippen LogP contribution in [0.1, 0.15) is 71.1 Å². The quantitative estimate of drug-likeness (QED) is 0.366. The average Bonchev–Trinajstić information content (AvgIpc) is 2.58. The van der Waals surface area contributed by atoms with Crippen LogP contribution in [-0.2, 0) is 4.79 Å². The topological polar surface area (TPSA) is 60.8 Å². The molecule has 1 aliphatic rings. The number of unbranched alkanes of at least 4 members (excludes halogenated alkanes) is 4. The van der Waals surface area contributed by atoms with Crippen molar-refractivity contribution in [1.82, 2.24) is 4.90 Å². The van der Waals surface area contributed by atoms with Crippen LogP contribution in [0.5, 0.6) is 0 Å². The Morgan fingerprint density at radius 1 is 1.29 bits per heavy atom. The lowest BCUT2D eigenvalue weighted by atomic mass is 10.00. The van der Waals surface area contributed by atoms with E-state index < -0.39 is 6.10 Å². The lowest BCUT2D eigenvalue weighted by Crippen LogP contribution is -2.42. The SMILES string of the molecule is CCCCCC(O)/C=C/[C@H]1CCCC(=O)N1CC#CCCCCO. The zero-order valence-electron chi connectivity index (χ0n) is 15.0. The highest BCUT2D eigenvalue weighted by Gasteiger charge is 2.25. The van der Waals surface area contributed by atoms with Gasteiger partial charge in [0.25, 0.3) is 0 Å². The summed E-state index contributed by atoms with van der Waals surface area (Å²) in [4.78, 5) is 14.0. The third kappa shape index (κ3) is 8.52. The van der Waals surface area contributed by atoms with Crippen molar-refractivity contribution in [2.75, 3.05) is 13.2 Å². The van der Waals surface area contributed by atoms with Gasteiger partial charge >= 0.3 is 0 Å². The molecule has 136 valence electrons. The molecular formula is C20H33NO3. The summed E-state index contributed by atoms with van der Waals surface area (Å²) in [6.45, 7) is 2.82. The second-order valence-electron chi connectivity index (χ2n) is 6.46. The number of carbonyl (C=O) groups excluding carboxylic acids is 1. The minimum Gasteiger partial charge on any atom is -0.396 e. The van der Waals surface area contributed by atoms with Crippen molar-refractivity contribution in [2.45, 2.75) is 83.3 Å². The van der Waals surface area contributed by atoms with E-state index in [0.29, 0.717) is 13.0 Å². The van der Waals surface area contributed by atoms with Gasteiger partial charge in [0.2, 0.25) is 5.91 Å². The zero-order valence-corrected chi connectivity index (χ0v) is 15.0. The van der Waals surface area contributed by atoms with E-state index >= 15 is 0 Å². The molecular weight excluding hydrogens is 302 g/mol. The molecule has 1 rings (SSSR count). The van der Waals surface area contributed by atoms with E-state index in [9.17, 15) is 9.90 Å². The second kappa shape index (κ2) is 13.0. The molecule has 0 aromatic carbocycles. The van der Waals surface area contributed by atoms with Gasteiger partial charge in [-0.2, -0.15) is 0 Å². The molecule has 2 atom stereocenters. The van der Waals surface area contributed by atoms with Gasteiger partial charge in [-0.3, -0.25) is 4.79 Å². The Balaban J connectivity index is 2.48. The van der Waals surface area contributed by atoms with E-state index in [1.807, 2.05) is 17.1 Å². The number of piperidine rings is 1. The van der Waals surface area contributed by atoms with Crippen LogP contribution in [0.2, 0.25) is 0 Å².